The fourth-order valence-corrected chi connectivity index (χ4v) is 1.94. The third-order valence-corrected chi connectivity index (χ3v) is 3.43. The number of carbonyl (C=O) groups is 2. The Morgan fingerprint density at radius 3 is 2.40 bits per heavy atom. The summed E-state index contributed by atoms with van der Waals surface area (Å²) in [6.07, 6.45) is 2.63. The maximum absolute atomic E-state index is 11.9. The van der Waals surface area contributed by atoms with Crippen LogP contribution in [0.4, 0.5) is 5.69 Å². The summed E-state index contributed by atoms with van der Waals surface area (Å²) in [6.45, 7) is 0.243. The molecule has 20 heavy (non-hydrogen) atoms. The molecule has 108 valence electrons. The van der Waals surface area contributed by atoms with Gasteiger partial charge in [0.25, 0.3) is 0 Å². The summed E-state index contributed by atoms with van der Waals surface area (Å²) in [4.78, 5) is 22.5. The van der Waals surface area contributed by atoms with Crippen molar-refractivity contribution in [1.82, 2.24) is 0 Å². The highest BCUT2D eigenvalue weighted by Crippen LogP contribution is 2.30. The van der Waals surface area contributed by atoms with E-state index in [-0.39, 0.29) is 18.9 Å². The zero-order valence-electron chi connectivity index (χ0n) is 11.2. The van der Waals surface area contributed by atoms with Gasteiger partial charge in [-0.15, -0.1) is 0 Å². The van der Waals surface area contributed by atoms with E-state index in [1.807, 2.05) is 0 Å². The van der Waals surface area contributed by atoms with Gasteiger partial charge >= 0.3 is 0 Å². The number of rotatable bonds is 6. The lowest BCUT2D eigenvalue weighted by Gasteiger charge is -2.36. The van der Waals surface area contributed by atoms with Gasteiger partial charge in [-0.3, -0.25) is 9.59 Å². The van der Waals surface area contributed by atoms with E-state index in [1.54, 1.807) is 24.3 Å². The van der Waals surface area contributed by atoms with Crippen LogP contribution in [0, 0.1) is 0 Å². The molecule has 6 heteroatoms. The number of carbonyl (C=O) groups excluding carboxylic acids is 2. The Bertz CT molecular complexity index is 495. The van der Waals surface area contributed by atoms with Gasteiger partial charge < -0.3 is 21.5 Å². The summed E-state index contributed by atoms with van der Waals surface area (Å²) < 4.78 is 5.34. The molecule has 2 amide bonds. The second kappa shape index (κ2) is 5.92. The van der Waals surface area contributed by atoms with Crippen LogP contribution < -0.4 is 21.5 Å². The molecule has 1 aromatic rings. The minimum absolute atomic E-state index is 0.147. The first-order valence-corrected chi connectivity index (χ1v) is 6.61. The molecule has 0 unspecified atom stereocenters. The van der Waals surface area contributed by atoms with Crippen LogP contribution in [0.25, 0.3) is 0 Å². The monoisotopic (exact) mass is 277 g/mol. The van der Waals surface area contributed by atoms with Gasteiger partial charge in [0, 0.05) is 5.69 Å². The number of nitrogens with two attached hydrogens (primary N) is 2. The summed E-state index contributed by atoms with van der Waals surface area (Å²) in [6, 6.07) is 6.92. The van der Waals surface area contributed by atoms with Crippen LogP contribution in [0.5, 0.6) is 5.75 Å². The molecule has 0 bridgehead atoms. The average molecular weight is 277 g/mol. The second-order valence-corrected chi connectivity index (χ2v) is 5.05. The van der Waals surface area contributed by atoms with Crippen molar-refractivity contribution in [2.24, 2.45) is 11.5 Å². The van der Waals surface area contributed by atoms with Gasteiger partial charge in [0.05, 0.1) is 18.6 Å². The van der Waals surface area contributed by atoms with Crippen molar-refractivity contribution >= 4 is 17.5 Å². The molecule has 1 aliphatic carbocycles. The van der Waals surface area contributed by atoms with Crippen molar-refractivity contribution < 1.29 is 14.3 Å². The van der Waals surface area contributed by atoms with Crippen molar-refractivity contribution in [3.05, 3.63) is 24.3 Å². The SMILES string of the molecule is NC(=O)CCOc1ccc(NC(=O)C2(N)CCC2)cc1. The summed E-state index contributed by atoms with van der Waals surface area (Å²) in [7, 11) is 0. The number of hydrogen-bond donors (Lipinski definition) is 3. The lowest BCUT2D eigenvalue weighted by Crippen LogP contribution is -2.56. The Balaban J connectivity index is 1.85. The van der Waals surface area contributed by atoms with E-state index in [2.05, 4.69) is 5.32 Å². The van der Waals surface area contributed by atoms with E-state index >= 15 is 0 Å². The average Bonchev–Trinajstić information content (AvgIpc) is 2.37. The molecule has 1 saturated carbocycles. The van der Waals surface area contributed by atoms with Crippen LogP contribution in [0.1, 0.15) is 25.7 Å². The Morgan fingerprint density at radius 2 is 1.90 bits per heavy atom. The maximum atomic E-state index is 11.9. The minimum atomic E-state index is -0.712. The molecule has 0 aromatic heterocycles. The van der Waals surface area contributed by atoms with Crippen LogP contribution in [-0.4, -0.2) is 24.0 Å². The Morgan fingerprint density at radius 1 is 1.25 bits per heavy atom. The van der Waals surface area contributed by atoms with Crippen LogP contribution in [-0.2, 0) is 9.59 Å². The predicted octanol–water partition coefficient (Wildman–Crippen LogP) is 0.761. The summed E-state index contributed by atoms with van der Waals surface area (Å²) >= 11 is 0. The van der Waals surface area contributed by atoms with Gasteiger partial charge in [-0.05, 0) is 43.5 Å². The quantitative estimate of drug-likeness (QED) is 0.713. The van der Waals surface area contributed by atoms with Crippen molar-refractivity contribution in [1.29, 1.82) is 0 Å². The largest absolute Gasteiger partial charge is 0.493 e. The molecule has 0 heterocycles. The lowest BCUT2D eigenvalue weighted by molar-refractivity contribution is -0.124. The highest BCUT2D eigenvalue weighted by Gasteiger charge is 2.40. The zero-order chi connectivity index (χ0) is 14.6. The molecule has 1 fully saturated rings. The first-order valence-electron chi connectivity index (χ1n) is 6.61. The Labute approximate surface area is 117 Å². The van der Waals surface area contributed by atoms with E-state index < -0.39 is 11.4 Å². The Hall–Kier alpha value is -2.08. The highest BCUT2D eigenvalue weighted by atomic mass is 16.5. The molecule has 0 saturated heterocycles. The molecule has 5 N–H and O–H groups in total. The molecule has 0 radical (unpaired) electrons. The smallest absolute Gasteiger partial charge is 0.244 e. The fourth-order valence-electron chi connectivity index (χ4n) is 1.94. The summed E-state index contributed by atoms with van der Waals surface area (Å²) in [5.74, 6) is 0.0733. The molecule has 6 nitrogen and oxygen atoms in total. The lowest BCUT2D eigenvalue weighted by atomic mass is 9.77. The number of primary amides is 1. The van der Waals surface area contributed by atoms with E-state index in [0.29, 0.717) is 11.4 Å². The van der Waals surface area contributed by atoms with Crippen LogP contribution in [0.2, 0.25) is 0 Å². The predicted molar refractivity (Wildman–Crippen MR) is 75.1 cm³/mol. The van der Waals surface area contributed by atoms with Crippen LogP contribution in [0.15, 0.2) is 24.3 Å². The van der Waals surface area contributed by atoms with E-state index in [1.165, 1.54) is 0 Å². The van der Waals surface area contributed by atoms with Gasteiger partial charge in [-0.2, -0.15) is 0 Å². The van der Waals surface area contributed by atoms with Crippen molar-refractivity contribution in [3.8, 4) is 5.75 Å². The first-order chi connectivity index (χ1) is 9.49. The van der Waals surface area contributed by atoms with Gasteiger partial charge in [0.2, 0.25) is 11.8 Å². The van der Waals surface area contributed by atoms with Gasteiger partial charge in [-0.1, -0.05) is 0 Å². The topological polar surface area (TPSA) is 107 Å². The van der Waals surface area contributed by atoms with Crippen molar-refractivity contribution in [3.63, 3.8) is 0 Å². The molecular formula is C14H19N3O3. The number of benzene rings is 1. The maximum Gasteiger partial charge on any atom is 0.244 e. The van der Waals surface area contributed by atoms with E-state index in [9.17, 15) is 9.59 Å². The first kappa shape index (κ1) is 14.3. The number of hydrogen-bond acceptors (Lipinski definition) is 4. The number of anilines is 1. The van der Waals surface area contributed by atoms with Gasteiger partial charge in [-0.25, -0.2) is 0 Å². The number of nitrogens with one attached hydrogen (secondary N) is 1. The summed E-state index contributed by atoms with van der Waals surface area (Å²) in [5, 5.41) is 2.79. The molecule has 1 aromatic carbocycles. The molecule has 0 aliphatic heterocycles. The van der Waals surface area contributed by atoms with Crippen molar-refractivity contribution in [2.45, 2.75) is 31.2 Å². The molecule has 1 aliphatic rings. The molecule has 0 spiro atoms. The standard InChI is InChI=1S/C14H19N3O3/c15-12(18)6-9-20-11-4-2-10(3-5-11)17-13(19)14(16)7-1-8-14/h2-5H,1,6-9,16H2,(H2,15,18)(H,17,19). The van der Waals surface area contributed by atoms with E-state index in [0.717, 1.165) is 19.3 Å². The van der Waals surface area contributed by atoms with Gasteiger partial charge in [0.15, 0.2) is 0 Å². The Kier molecular flexibility index (Phi) is 4.24. The molecule has 2 rings (SSSR count). The third-order valence-electron chi connectivity index (χ3n) is 3.43. The normalized spacial score (nSPS) is 16.1. The van der Waals surface area contributed by atoms with E-state index in [4.69, 9.17) is 16.2 Å². The molecule has 0 atom stereocenters. The second-order valence-electron chi connectivity index (χ2n) is 5.05. The fraction of sp³-hybridized carbons (Fsp3) is 0.429. The molecular weight excluding hydrogens is 258 g/mol. The van der Waals surface area contributed by atoms with Crippen molar-refractivity contribution in [2.75, 3.05) is 11.9 Å². The highest BCUT2D eigenvalue weighted by molar-refractivity contribution is 5.98. The minimum Gasteiger partial charge on any atom is -0.493 e. The number of amides is 2. The summed E-state index contributed by atoms with van der Waals surface area (Å²) in [5.41, 5.74) is 10.9. The van der Waals surface area contributed by atoms with Crippen LogP contribution >= 0.6 is 0 Å². The van der Waals surface area contributed by atoms with Gasteiger partial charge in [0.1, 0.15) is 5.75 Å². The van der Waals surface area contributed by atoms with Crippen LogP contribution in [0.3, 0.4) is 0 Å². The zero-order valence-corrected chi connectivity index (χ0v) is 11.2. The number of ether oxygens (including phenoxy) is 1. The third kappa shape index (κ3) is 3.48.